The molecule has 0 heterocycles. The van der Waals surface area contributed by atoms with Gasteiger partial charge in [0.05, 0.1) is 11.4 Å². The zero-order chi connectivity index (χ0) is 16.5. The van der Waals surface area contributed by atoms with Gasteiger partial charge in [0, 0.05) is 24.4 Å². The molecular formula is C14H18F2N2O3S. The molecule has 0 aromatic heterocycles. The molecule has 1 saturated carbocycles. The number of halogens is 2. The molecule has 0 saturated heterocycles. The molecule has 1 aromatic carbocycles. The Morgan fingerprint density at radius 2 is 2.05 bits per heavy atom. The number of sulfone groups is 1. The Bertz CT molecular complexity index is 675. The maximum absolute atomic E-state index is 13.6. The fraction of sp³-hybridized carbons (Fsp3) is 0.500. The van der Waals surface area contributed by atoms with E-state index < -0.39 is 33.5 Å². The van der Waals surface area contributed by atoms with Crippen molar-refractivity contribution in [2.75, 3.05) is 17.3 Å². The summed E-state index contributed by atoms with van der Waals surface area (Å²) in [4.78, 5) is 13.7. The van der Waals surface area contributed by atoms with Gasteiger partial charge >= 0.3 is 6.03 Å². The van der Waals surface area contributed by atoms with Gasteiger partial charge < -0.3 is 10.2 Å². The van der Waals surface area contributed by atoms with E-state index in [0.717, 1.165) is 31.2 Å². The van der Waals surface area contributed by atoms with Gasteiger partial charge in [-0.1, -0.05) is 0 Å². The van der Waals surface area contributed by atoms with Gasteiger partial charge in [-0.2, -0.15) is 0 Å². The third kappa shape index (κ3) is 4.40. The summed E-state index contributed by atoms with van der Waals surface area (Å²) in [6, 6.07) is 1.71. The van der Waals surface area contributed by atoms with E-state index in [1.807, 2.05) is 0 Å². The fourth-order valence-electron chi connectivity index (χ4n) is 2.37. The number of hydrogen-bond acceptors (Lipinski definition) is 3. The van der Waals surface area contributed by atoms with Crippen molar-refractivity contribution in [3.05, 3.63) is 29.8 Å². The van der Waals surface area contributed by atoms with Crippen molar-refractivity contribution >= 4 is 21.6 Å². The second kappa shape index (κ2) is 6.20. The topological polar surface area (TPSA) is 66.5 Å². The molecule has 22 heavy (non-hydrogen) atoms. The van der Waals surface area contributed by atoms with Crippen molar-refractivity contribution < 1.29 is 22.0 Å². The normalized spacial score (nSPS) is 16.2. The summed E-state index contributed by atoms with van der Waals surface area (Å²) in [5.74, 6) is -1.78. The lowest BCUT2D eigenvalue weighted by molar-refractivity contribution is 0.194. The fourth-order valence-corrected chi connectivity index (χ4v) is 3.40. The molecule has 0 aliphatic heterocycles. The summed E-state index contributed by atoms with van der Waals surface area (Å²) < 4.78 is 49.3. The quantitative estimate of drug-likeness (QED) is 0.900. The number of carbonyl (C=O) groups is 1. The molecule has 1 atom stereocenters. The van der Waals surface area contributed by atoms with Crippen LogP contribution in [-0.2, 0) is 9.84 Å². The third-order valence-electron chi connectivity index (χ3n) is 3.37. The summed E-state index contributed by atoms with van der Waals surface area (Å²) in [6.07, 6.45) is 2.67. The van der Waals surface area contributed by atoms with E-state index in [9.17, 15) is 22.0 Å². The number of urea groups is 1. The molecule has 0 unspecified atom stereocenters. The number of amides is 2. The largest absolute Gasteiger partial charge is 0.322 e. The predicted octanol–water partition coefficient (Wildman–Crippen LogP) is 2.39. The predicted molar refractivity (Wildman–Crippen MR) is 79.4 cm³/mol. The monoisotopic (exact) mass is 332 g/mol. The minimum atomic E-state index is -3.24. The van der Waals surface area contributed by atoms with Crippen LogP contribution in [0.4, 0.5) is 19.3 Å². The lowest BCUT2D eigenvalue weighted by Crippen LogP contribution is -2.46. The van der Waals surface area contributed by atoms with Crippen LogP contribution in [0.5, 0.6) is 0 Å². The minimum Gasteiger partial charge on any atom is -0.318 e. The number of carbonyl (C=O) groups excluding carboxylic acids is 1. The molecule has 1 N–H and O–H groups in total. The number of anilines is 1. The highest BCUT2D eigenvalue weighted by Gasteiger charge is 2.37. The van der Waals surface area contributed by atoms with Crippen molar-refractivity contribution in [3.8, 4) is 0 Å². The molecular weight excluding hydrogens is 314 g/mol. The van der Waals surface area contributed by atoms with Crippen LogP contribution in [0.1, 0.15) is 19.8 Å². The molecule has 5 nitrogen and oxygen atoms in total. The average molecular weight is 332 g/mol. The zero-order valence-electron chi connectivity index (χ0n) is 12.3. The highest BCUT2D eigenvalue weighted by Crippen LogP contribution is 2.30. The highest BCUT2D eigenvalue weighted by molar-refractivity contribution is 7.90. The second-order valence-corrected chi connectivity index (χ2v) is 7.82. The molecule has 1 aliphatic rings. The third-order valence-corrected chi connectivity index (χ3v) is 4.45. The zero-order valence-corrected chi connectivity index (χ0v) is 13.2. The Morgan fingerprint density at radius 1 is 1.41 bits per heavy atom. The molecule has 2 amide bonds. The van der Waals surface area contributed by atoms with E-state index in [-0.39, 0.29) is 17.5 Å². The van der Waals surface area contributed by atoms with Gasteiger partial charge in [0.2, 0.25) is 0 Å². The maximum Gasteiger partial charge on any atom is 0.322 e. The van der Waals surface area contributed by atoms with Crippen LogP contribution in [0.2, 0.25) is 0 Å². The SMILES string of the molecule is C[C@H](CS(C)(=O)=O)N(C(=O)Nc1ccc(F)cc1F)C1CC1. The molecule has 1 aromatic rings. The van der Waals surface area contributed by atoms with Crippen molar-refractivity contribution in [2.45, 2.75) is 31.8 Å². The van der Waals surface area contributed by atoms with Crippen LogP contribution >= 0.6 is 0 Å². The lowest BCUT2D eigenvalue weighted by Gasteiger charge is -2.29. The molecule has 2 rings (SSSR count). The lowest BCUT2D eigenvalue weighted by atomic mass is 10.3. The molecule has 0 bridgehead atoms. The van der Waals surface area contributed by atoms with Crippen molar-refractivity contribution in [3.63, 3.8) is 0 Å². The Balaban J connectivity index is 2.13. The van der Waals surface area contributed by atoms with Gasteiger partial charge in [0.25, 0.3) is 0 Å². The van der Waals surface area contributed by atoms with E-state index in [4.69, 9.17) is 0 Å². The molecule has 1 fully saturated rings. The Labute approximate surface area is 128 Å². The standard InChI is InChI=1S/C14H18F2N2O3S/c1-9(8-22(2,20)21)18(11-4-5-11)14(19)17-13-6-3-10(15)7-12(13)16/h3,6-7,9,11H,4-5,8H2,1-2H3,(H,17,19)/t9-/m1/s1. The first-order valence-electron chi connectivity index (χ1n) is 6.89. The summed E-state index contributed by atoms with van der Waals surface area (Å²) in [6.45, 7) is 1.64. The summed E-state index contributed by atoms with van der Waals surface area (Å²) in [5, 5.41) is 2.38. The number of benzene rings is 1. The molecule has 0 radical (unpaired) electrons. The van der Waals surface area contributed by atoms with E-state index >= 15 is 0 Å². The number of hydrogen-bond donors (Lipinski definition) is 1. The molecule has 8 heteroatoms. The highest BCUT2D eigenvalue weighted by atomic mass is 32.2. The Morgan fingerprint density at radius 3 is 2.55 bits per heavy atom. The van der Waals surface area contributed by atoms with Gasteiger partial charge in [0.15, 0.2) is 0 Å². The van der Waals surface area contributed by atoms with E-state index in [1.165, 1.54) is 4.90 Å². The van der Waals surface area contributed by atoms with Gasteiger partial charge in [-0.3, -0.25) is 0 Å². The maximum atomic E-state index is 13.6. The van der Waals surface area contributed by atoms with Gasteiger partial charge in [-0.05, 0) is 31.9 Å². The minimum absolute atomic E-state index is 0.0414. The van der Waals surface area contributed by atoms with E-state index in [0.29, 0.717) is 6.07 Å². The first kappa shape index (κ1) is 16.7. The molecule has 0 spiro atoms. The smallest absolute Gasteiger partial charge is 0.318 e. The summed E-state index contributed by atoms with van der Waals surface area (Å²) in [7, 11) is -3.24. The van der Waals surface area contributed by atoms with Crippen LogP contribution in [0.3, 0.4) is 0 Å². The van der Waals surface area contributed by atoms with Crippen LogP contribution in [0, 0.1) is 11.6 Å². The van der Waals surface area contributed by atoms with Crippen LogP contribution in [0.15, 0.2) is 18.2 Å². The van der Waals surface area contributed by atoms with Crippen LogP contribution < -0.4 is 5.32 Å². The molecule has 1 aliphatic carbocycles. The summed E-state index contributed by atoms with van der Waals surface area (Å²) in [5.41, 5.74) is -0.136. The molecule has 122 valence electrons. The van der Waals surface area contributed by atoms with Crippen LogP contribution in [0.25, 0.3) is 0 Å². The summed E-state index contributed by atoms with van der Waals surface area (Å²) >= 11 is 0. The second-order valence-electron chi connectivity index (χ2n) is 5.63. The van der Waals surface area contributed by atoms with E-state index in [1.54, 1.807) is 6.92 Å². The number of nitrogens with one attached hydrogen (secondary N) is 1. The average Bonchev–Trinajstić information content (AvgIpc) is 3.15. The van der Waals surface area contributed by atoms with Crippen LogP contribution in [-0.4, -0.2) is 43.4 Å². The number of nitrogens with zero attached hydrogens (tertiary/aromatic N) is 1. The van der Waals surface area contributed by atoms with Crippen molar-refractivity contribution in [1.82, 2.24) is 4.90 Å². The van der Waals surface area contributed by atoms with Gasteiger partial charge in [-0.15, -0.1) is 0 Å². The van der Waals surface area contributed by atoms with Gasteiger partial charge in [0.1, 0.15) is 21.5 Å². The van der Waals surface area contributed by atoms with Gasteiger partial charge in [-0.25, -0.2) is 22.0 Å². The Hall–Kier alpha value is -1.70. The van der Waals surface area contributed by atoms with Crippen molar-refractivity contribution in [2.24, 2.45) is 0 Å². The van der Waals surface area contributed by atoms with E-state index in [2.05, 4.69) is 5.32 Å². The Kier molecular flexibility index (Phi) is 4.69. The first-order chi connectivity index (χ1) is 10.2. The number of rotatable bonds is 5. The van der Waals surface area contributed by atoms with Crippen molar-refractivity contribution in [1.29, 1.82) is 0 Å². The first-order valence-corrected chi connectivity index (χ1v) is 8.95.